The molecule has 4 rings (SSSR count). The van der Waals surface area contributed by atoms with Gasteiger partial charge in [0, 0.05) is 4.88 Å². The third-order valence-electron chi connectivity index (χ3n) is 5.42. The van der Waals surface area contributed by atoms with E-state index in [1.54, 1.807) is 23.5 Å². The zero-order valence-electron chi connectivity index (χ0n) is 15.8. The number of piperazine rings is 1. The van der Waals surface area contributed by atoms with Crippen LogP contribution in [0.25, 0.3) is 10.2 Å². The highest BCUT2D eigenvalue weighted by atomic mass is 32.1. The first-order valence-corrected chi connectivity index (χ1v) is 10.1. The van der Waals surface area contributed by atoms with Crippen LogP contribution in [0.3, 0.4) is 0 Å². The Morgan fingerprint density at radius 2 is 2.11 bits per heavy atom. The van der Waals surface area contributed by atoms with Crippen LogP contribution in [-0.2, 0) is 6.54 Å². The smallest absolute Gasteiger partial charge is 0.260 e. The Bertz CT molecular complexity index is 1140. The van der Waals surface area contributed by atoms with Crippen molar-refractivity contribution in [3.8, 4) is 6.07 Å². The van der Waals surface area contributed by atoms with Crippen LogP contribution in [0.1, 0.15) is 21.8 Å². The summed E-state index contributed by atoms with van der Waals surface area (Å²) in [5, 5.41) is 9.94. The summed E-state index contributed by atoms with van der Waals surface area (Å²) >= 11 is 1.56. The lowest BCUT2D eigenvalue weighted by Gasteiger charge is -2.33. The Morgan fingerprint density at radius 1 is 1.36 bits per heavy atom. The SMILES string of the molecule is Cc1sc2nc(C[NH+]3CCN(c4cccc(F)c4C#N)CC3)[nH]c(=O)c2c1C. The standard InChI is InChI=1S/C20H20FN5OS/c1-12-13(2)28-20-18(12)19(27)23-17(24-20)11-25-6-8-26(9-7-25)16-5-3-4-15(21)14(16)10-22/h3-5H,6-9,11H2,1-2H3,(H,23,24,27)/p+1. The maximum Gasteiger partial charge on any atom is 0.260 e. The summed E-state index contributed by atoms with van der Waals surface area (Å²) < 4.78 is 13.9. The minimum Gasteiger partial charge on any atom is -0.359 e. The molecule has 28 heavy (non-hydrogen) atoms. The van der Waals surface area contributed by atoms with Crippen LogP contribution in [0.5, 0.6) is 0 Å². The fraction of sp³-hybridized carbons (Fsp3) is 0.350. The Kier molecular flexibility index (Phi) is 4.87. The number of aryl methyl sites for hydroxylation is 2. The minimum atomic E-state index is -0.480. The van der Waals surface area contributed by atoms with Gasteiger partial charge >= 0.3 is 0 Å². The van der Waals surface area contributed by atoms with Gasteiger partial charge in [-0.3, -0.25) is 4.79 Å². The molecule has 0 radical (unpaired) electrons. The first kappa shape index (κ1) is 18.6. The third-order valence-corrected chi connectivity index (χ3v) is 6.52. The number of anilines is 1. The molecular formula is C20H21FN5OS+. The van der Waals surface area contributed by atoms with Crippen LogP contribution in [0.4, 0.5) is 10.1 Å². The Morgan fingerprint density at radius 3 is 2.82 bits per heavy atom. The van der Waals surface area contributed by atoms with Crippen LogP contribution in [0.2, 0.25) is 0 Å². The molecule has 1 saturated heterocycles. The second-order valence-corrected chi connectivity index (χ2v) is 8.34. The highest BCUT2D eigenvalue weighted by molar-refractivity contribution is 7.18. The first-order valence-electron chi connectivity index (χ1n) is 9.24. The van der Waals surface area contributed by atoms with Crippen molar-refractivity contribution < 1.29 is 9.29 Å². The number of nitrogens with one attached hydrogen (secondary N) is 2. The number of quaternary nitrogens is 1. The summed E-state index contributed by atoms with van der Waals surface area (Å²) in [7, 11) is 0. The fourth-order valence-electron chi connectivity index (χ4n) is 3.75. The summed E-state index contributed by atoms with van der Waals surface area (Å²) in [6, 6.07) is 6.72. The number of aromatic nitrogens is 2. The van der Waals surface area contributed by atoms with Gasteiger partial charge in [-0.15, -0.1) is 11.3 Å². The molecule has 3 heterocycles. The molecule has 1 aliphatic heterocycles. The van der Waals surface area contributed by atoms with Crippen LogP contribution < -0.4 is 15.4 Å². The highest BCUT2D eigenvalue weighted by Crippen LogP contribution is 2.25. The van der Waals surface area contributed by atoms with Crippen LogP contribution in [0.15, 0.2) is 23.0 Å². The van der Waals surface area contributed by atoms with Crippen molar-refractivity contribution in [2.24, 2.45) is 0 Å². The minimum absolute atomic E-state index is 0.0710. The number of fused-ring (bicyclic) bond motifs is 1. The zero-order valence-corrected chi connectivity index (χ0v) is 16.6. The number of H-pyrrole nitrogens is 1. The van der Waals surface area contributed by atoms with Gasteiger partial charge in [0.2, 0.25) is 0 Å². The molecule has 0 amide bonds. The lowest BCUT2D eigenvalue weighted by Crippen LogP contribution is -3.13. The molecule has 0 spiro atoms. The molecule has 0 saturated carbocycles. The van der Waals surface area contributed by atoms with E-state index in [-0.39, 0.29) is 11.1 Å². The van der Waals surface area contributed by atoms with Gasteiger partial charge in [0.1, 0.15) is 28.8 Å². The second kappa shape index (κ2) is 7.34. The number of hydrogen-bond acceptors (Lipinski definition) is 5. The molecule has 3 aromatic rings. The molecule has 2 N–H and O–H groups in total. The maximum absolute atomic E-state index is 13.9. The van der Waals surface area contributed by atoms with Gasteiger partial charge in [-0.1, -0.05) is 6.07 Å². The number of rotatable bonds is 3. The van der Waals surface area contributed by atoms with Gasteiger partial charge in [-0.2, -0.15) is 5.26 Å². The monoisotopic (exact) mass is 398 g/mol. The summed E-state index contributed by atoms with van der Waals surface area (Å²) in [5.41, 5.74) is 1.69. The van der Waals surface area contributed by atoms with Crippen molar-refractivity contribution in [3.05, 3.63) is 56.2 Å². The molecule has 0 atom stereocenters. The van der Waals surface area contributed by atoms with E-state index in [9.17, 15) is 14.4 Å². The van der Waals surface area contributed by atoms with Crippen molar-refractivity contribution in [2.45, 2.75) is 20.4 Å². The molecule has 2 aromatic heterocycles. The van der Waals surface area contributed by atoms with Gasteiger partial charge in [0.25, 0.3) is 5.56 Å². The van der Waals surface area contributed by atoms with E-state index in [4.69, 9.17) is 0 Å². The summed E-state index contributed by atoms with van der Waals surface area (Å²) in [6.07, 6.45) is 0. The summed E-state index contributed by atoms with van der Waals surface area (Å²) in [6.45, 7) is 7.69. The van der Waals surface area contributed by atoms with E-state index in [2.05, 4.69) is 14.9 Å². The number of nitrogens with zero attached hydrogens (tertiary/aromatic N) is 3. The van der Waals surface area contributed by atoms with E-state index in [1.165, 1.54) is 11.0 Å². The van der Waals surface area contributed by atoms with Crippen LogP contribution in [0, 0.1) is 31.0 Å². The fourth-order valence-corrected chi connectivity index (χ4v) is 4.80. The average molecular weight is 398 g/mol. The van der Waals surface area contributed by atoms with Crippen molar-refractivity contribution >= 4 is 27.2 Å². The molecule has 0 bridgehead atoms. The largest absolute Gasteiger partial charge is 0.359 e. The van der Waals surface area contributed by atoms with Gasteiger partial charge in [-0.05, 0) is 31.5 Å². The lowest BCUT2D eigenvalue weighted by molar-refractivity contribution is -0.915. The van der Waals surface area contributed by atoms with Crippen molar-refractivity contribution in [1.29, 1.82) is 5.26 Å². The van der Waals surface area contributed by atoms with Crippen molar-refractivity contribution in [3.63, 3.8) is 0 Å². The van der Waals surface area contributed by atoms with Gasteiger partial charge < -0.3 is 14.8 Å². The second-order valence-electron chi connectivity index (χ2n) is 7.14. The number of hydrogen-bond donors (Lipinski definition) is 2. The molecule has 1 fully saturated rings. The quantitative estimate of drug-likeness (QED) is 0.701. The predicted octanol–water partition coefficient (Wildman–Crippen LogP) is 1.52. The molecular weight excluding hydrogens is 377 g/mol. The normalized spacial score (nSPS) is 15.1. The van der Waals surface area contributed by atoms with E-state index >= 15 is 0 Å². The molecule has 8 heteroatoms. The van der Waals surface area contributed by atoms with Crippen molar-refractivity contribution in [1.82, 2.24) is 9.97 Å². The third kappa shape index (κ3) is 3.28. The van der Waals surface area contributed by atoms with Crippen LogP contribution >= 0.6 is 11.3 Å². The number of nitriles is 1. The summed E-state index contributed by atoms with van der Waals surface area (Å²) in [4.78, 5) is 25.3. The number of benzene rings is 1. The van der Waals surface area contributed by atoms with E-state index in [0.29, 0.717) is 23.4 Å². The molecule has 1 aliphatic rings. The topological polar surface area (TPSA) is 77.2 Å². The first-order chi connectivity index (χ1) is 13.5. The predicted molar refractivity (Wildman–Crippen MR) is 107 cm³/mol. The van der Waals surface area contributed by atoms with Gasteiger partial charge in [-0.25, -0.2) is 9.37 Å². The molecule has 144 valence electrons. The Labute approximate surface area is 165 Å². The molecule has 0 aliphatic carbocycles. The number of thiophene rings is 1. The Hall–Kier alpha value is -2.76. The number of aromatic amines is 1. The number of halogens is 1. The lowest BCUT2D eigenvalue weighted by atomic mass is 10.1. The van der Waals surface area contributed by atoms with Crippen molar-refractivity contribution in [2.75, 3.05) is 31.1 Å². The summed E-state index contributed by atoms with van der Waals surface area (Å²) in [5.74, 6) is 0.219. The van der Waals surface area contributed by atoms with Gasteiger partial charge in [0.05, 0.1) is 37.3 Å². The van der Waals surface area contributed by atoms with Gasteiger partial charge in [0.15, 0.2) is 5.82 Å². The van der Waals surface area contributed by atoms with E-state index in [0.717, 1.165) is 41.5 Å². The maximum atomic E-state index is 13.9. The molecule has 1 aromatic carbocycles. The van der Waals surface area contributed by atoms with E-state index in [1.807, 2.05) is 19.9 Å². The van der Waals surface area contributed by atoms with E-state index < -0.39 is 5.82 Å². The molecule has 0 unspecified atom stereocenters. The zero-order chi connectivity index (χ0) is 19.8. The average Bonchev–Trinajstić information content (AvgIpc) is 2.96. The highest BCUT2D eigenvalue weighted by Gasteiger charge is 2.24. The molecule has 6 nitrogen and oxygen atoms in total. The Balaban J connectivity index is 1.48. The van der Waals surface area contributed by atoms with Crippen LogP contribution in [-0.4, -0.2) is 36.1 Å².